The minimum Gasteiger partial charge on any atom is -0.481 e. The van der Waals surface area contributed by atoms with E-state index in [4.69, 9.17) is 9.47 Å². The van der Waals surface area contributed by atoms with Crippen LogP contribution in [0.2, 0.25) is 0 Å². The third-order valence-electron chi connectivity index (χ3n) is 2.48. The Hall–Kier alpha value is -1.55. The van der Waals surface area contributed by atoms with E-state index < -0.39 is 6.10 Å². The van der Waals surface area contributed by atoms with Crippen LogP contribution in [0.3, 0.4) is 0 Å². The molecule has 4 heteroatoms. The Morgan fingerprint density at radius 3 is 2.72 bits per heavy atom. The second kappa shape index (κ2) is 7.01. The molecule has 100 valence electrons. The summed E-state index contributed by atoms with van der Waals surface area (Å²) >= 11 is 0. The van der Waals surface area contributed by atoms with E-state index in [1.54, 1.807) is 14.0 Å². The first kappa shape index (κ1) is 14.5. The Labute approximate surface area is 108 Å². The number of aryl methyl sites for hydroxylation is 1. The van der Waals surface area contributed by atoms with Crippen molar-refractivity contribution in [2.75, 3.05) is 13.7 Å². The van der Waals surface area contributed by atoms with Gasteiger partial charge in [0.2, 0.25) is 0 Å². The van der Waals surface area contributed by atoms with Gasteiger partial charge in [0.05, 0.1) is 6.61 Å². The van der Waals surface area contributed by atoms with Gasteiger partial charge in [-0.2, -0.15) is 0 Å². The van der Waals surface area contributed by atoms with Crippen molar-refractivity contribution in [2.45, 2.75) is 32.9 Å². The highest BCUT2D eigenvalue weighted by Crippen LogP contribution is 2.14. The Morgan fingerprint density at radius 1 is 1.39 bits per heavy atom. The quantitative estimate of drug-likeness (QED) is 0.840. The van der Waals surface area contributed by atoms with Gasteiger partial charge in [-0.15, -0.1) is 0 Å². The Kier molecular flexibility index (Phi) is 5.65. The van der Waals surface area contributed by atoms with Gasteiger partial charge in [-0.3, -0.25) is 4.79 Å². The average molecular weight is 251 g/mol. The second-order valence-corrected chi connectivity index (χ2v) is 4.44. The van der Waals surface area contributed by atoms with Crippen molar-refractivity contribution < 1.29 is 14.3 Å². The molecule has 0 fully saturated rings. The highest BCUT2D eigenvalue weighted by Gasteiger charge is 2.16. The largest absolute Gasteiger partial charge is 0.481 e. The van der Waals surface area contributed by atoms with Gasteiger partial charge in [0, 0.05) is 13.2 Å². The number of benzene rings is 1. The molecule has 1 rings (SSSR count). The number of nitrogens with one attached hydrogen (secondary N) is 1. The zero-order chi connectivity index (χ0) is 13.5. The number of amides is 1. The number of methoxy groups -OCH3 is 1. The highest BCUT2D eigenvalue weighted by molar-refractivity contribution is 5.80. The van der Waals surface area contributed by atoms with Crippen molar-refractivity contribution in [3.05, 3.63) is 29.8 Å². The molecule has 2 atom stereocenters. The summed E-state index contributed by atoms with van der Waals surface area (Å²) in [6.07, 6.45) is -0.522. The third kappa shape index (κ3) is 4.75. The zero-order valence-corrected chi connectivity index (χ0v) is 11.4. The lowest BCUT2D eigenvalue weighted by atomic mass is 10.2. The normalized spacial score (nSPS) is 13.8. The lowest BCUT2D eigenvalue weighted by Crippen LogP contribution is -2.43. The molecule has 4 nitrogen and oxygen atoms in total. The first-order valence-corrected chi connectivity index (χ1v) is 6.05. The molecule has 1 aromatic carbocycles. The fraction of sp³-hybridized carbons (Fsp3) is 0.500. The standard InChI is InChI=1S/C14H21NO3/c1-10-6-5-7-13(8-10)18-12(3)14(16)15-11(2)9-17-4/h5-8,11-12H,9H2,1-4H3,(H,15,16)/t11-,12+/m0/s1. The Balaban J connectivity index is 2.49. The van der Waals surface area contributed by atoms with Gasteiger partial charge in [0.25, 0.3) is 5.91 Å². The monoisotopic (exact) mass is 251 g/mol. The molecule has 1 aromatic rings. The zero-order valence-electron chi connectivity index (χ0n) is 11.4. The van der Waals surface area contributed by atoms with Gasteiger partial charge >= 0.3 is 0 Å². The van der Waals surface area contributed by atoms with Crippen LogP contribution in [0.15, 0.2) is 24.3 Å². The van der Waals surface area contributed by atoms with Crippen molar-refractivity contribution >= 4 is 5.91 Å². The van der Waals surface area contributed by atoms with Gasteiger partial charge < -0.3 is 14.8 Å². The second-order valence-electron chi connectivity index (χ2n) is 4.44. The Bertz CT molecular complexity index is 392. The fourth-order valence-electron chi connectivity index (χ4n) is 1.60. The summed E-state index contributed by atoms with van der Waals surface area (Å²) in [4.78, 5) is 11.8. The molecule has 1 amide bonds. The summed E-state index contributed by atoms with van der Waals surface area (Å²) < 4.78 is 10.5. The lowest BCUT2D eigenvalue weighted by Gasteiger charge is -2.18. The molecule has 0 radical (unpaired) electrons. The molecule has 1 N–H and O–H groups in total. The Morgan fingerprint density at radius 2 is 2.11 bits per heavy atom. The van der Waals surface area contributed by atoms with Gasteiger partial charge in [-0.05, 0) is 38.5 Å². The van der Waals surface area contributed by atoms with Crippen LogP contribution in [0.5, 0.6) is 5.75 Å². The maximum absolute atomic E-state index is 11.8. The number of carbonyl (C=O) groups excluding carboxylic acids is 1. The van der Waals surface area contributed by atoms with E-state index in [1.807, 2.05) is 38.1 Å². The number of rotatable bonds is 6. The first-order chi connectivity index (χ1) is 8.52. The molecule has 0 aliphatic heterocycles. The van der Waals surface area contributed by atoms with E-state index in [1.165, 1.54) is 0 Å². The number of hydrogen-bond donors (Lipinski definition) is 1. The van der Waals surface area contributed by atoms with Crippen LogP contribution in [-0.4, -0.2) is 31.8 Å². The summed E-state index contributed by atoms with van der Waals surface area (Å²) in [6.45, 7) is 6.10. The van der Waals surface area contributed by atoms with Crippen LogP contribution >= 0.6 is 0 Å². The van der Waals surface area contributed by atoms with Gasteiger partial charge in [-0.25, -0.2) is 0 Å². The maximum Gasteiger partial charge on any atom is 0.261 e. The van der Waals surface area contributed by atoms with Crippen LogP contribution < -0.4 is 10.1 Å². The molecular formula is C14H21NO3. The summed E-state index contributed by atoms with van der Waals surface area (Å²) in [5, 5.41) is 2.83. The minimum atomic E-state index is -0.522. The van der Waals surface area contributed by atoms with Crippen molar-refractivity contribution in [1.29, 1.82) is 0 Å². The molecule has 0 aromatic heterocycles. The SMILES string of the molecule is COC[C@H](C)NC(=O)[C@@H](C)Oc1cccc(C)c1. The van der Waals surface area contributed by atoms with Crippen molar-refractivity contribution in [1.82, 2.24) is 5.32 Å². The first-order valence-electron chi connectivity index (χ1n) is 6.05. The molecule has 0 unspecified atom stereocenters. The van der Waals surface area contributed by atoms with E-state index >= 15 is 0 Å². The molecule has 0 aliphatic carbocycles. The van der Waals surface area contributed by atoms with Crippen LogP contribution in [0.25, 0.3) is 0 Å². The molecule has 0 bridgehead atoms. The summed E-state index contributed by atoms with van der Waals surface area (Å²) in [6, 6.07) is 7.62. The maximum atomic E-state index is 11.8. The fourth-order valence-corrected chi connectivity index (χ4v) is 1.60. The van der Waals surface area contributed by atoms with Gasteiger partial charge in [0.1, 0.15) is 5.75 Å². The lowest BCUT2D eigenvalue weighted by molar-refractivity contribution is -0.128. The van der Waals surface area contributed by atoms with Crippen molar-refractivity contribution in [3.8, 4) is 5.75 Å². The molecular weight excluding hydrogens is 230 g/mol. The van der Waals surface area contributed by atoms with Crippen molar-refractivity contribution in [3.63, 3.8) is 0 Å². The third-order valence-corrected chi connectivity index (χ3v) is 2.48. The highest BCUT2D eigenvalue weighted by atomic mass is 16.5. The molecule has 18 heavy (non-hydrogen) atoms. The van der Waals surface area contributed by atoms with Crippen LogP contribution in [0, 0.1) is 6.92 Å². The van der Waals surface area contributed by atoms with Crippen LogP contribution in [-0.2, 0) is 9.53 Å². The number of carbonyl (C=O) groups is 1. The number of hydrogen-bond acceptors (Lipinski definition) is 3. The van der Waals surface area contributed by atoms with Crippen LogP contribution in [0.1, 0.15) is 19.4 Å². The molecule has 0 heterocycles. The predicted octanol–water partition coefficient (Wildman–Crippen LogP) is 1.91. The van der Waals surface area contributed by atoms with E-state index in [-0.39, 0.29) is 11.9 Å². The van der Waals surface area contributed by atoms with E-state index in [2.05, 4.69) is 5.32 Å². The summed E-state index contributed by atoms with van der Waals surface area (Å²) in [5.74, 6) is 0.568. The summed E-state index contributed by atoms with van der Waals surface area (Å²) in [7, 11) is 1.61. The molecule has 0 saturated carbocycles. The summed E-state index contributed by atoms with van der Waals surface area (Å²) in [5.41, 5.74) is 1.10. The smallest absolute Gasteiger partial charge is 0.261 e. The van der Waals surface area contributed by atoms with E-state index in [9.17, 15) is 4.79 Å². The van der Waals surface area contributed by atoms with Gasteiger partial charge in [0.15, 0.2) is 6.10 Å². The van der Waals surface area contributed by atoms with Gasteiger partial charge in [-0.1, -0.05) is 12.1 Å². The topological polar surface area (TPSA) is 47.6 Å². The van der Waals surface area contributed by atoms with E-state index in [0.29, 0.717) is 12.4 Å². The predicted molar refractivity (Wildman–Crippen MR) is 70.7 cm³/mol. The molecule has 0 aliphatic rings. The van der Waals surface area contributed by atoms with E-state index in [0.717, 1.165) is 5.56 Å². The average Bonchev–Trinajstić information content (AvgIpc) is 2.29. The molecule has 0 saturated heterocycles. The van der Waals surface area contributed by atoms with Crippen LogP contribution in [0.4, 0.5) is 0 Å². The minimum absolute atomic E-state index is 0.0222. The van der Waals surface area contributed by atoms with Crippen molar-refractivity contribution in [2.24, 2.45) is 0 Å². The number of ether oxygens (including phenoxy) is 2. The molecule has 0 spiro atoms.